The lowest BCUT2D eigenvalue weighted by Gasteiger charge is -2.20. The van der Waals surface area contributed by atoms with Crippen LogP contribution in [0.25, 0.3) is 22.0 Å². The zero-order chi connectivity index (χ0) is 19.3. The van der Waals surface area contributed by atoms with Gasteiger partial charge < -0.3 is 10.7 Å². The lowest BCUT2D eigenvalue weighted by Crippen LogP contribution is -2.20. The van der Waals surface area contributed by atoms with Gasteiger partial charge >= 0.3 is 0 Å². The summed E-state index contributed by atoms with van der Waals surface area (Å²) in [7, 11) is 0. The number of nitrogens with one attached hydrogen (secondary N) is 1. The van der Waals surface area contributed by atoms with Crippen LogP contribution in [0.4, 0.5) is 8.78 Å². The molecule has 1 aromatic heterocycles. The van der Waals surface area contributed by atoms with E-state index in [4.69, 9.17) is 5.73 Å². The third-order valence-corrected chi connectivity index (χ3v) is 5.41. The van der Waals surface area contributed by atoms with Crippen molar-refractivity contribution in [2.24, 2.45) is 11.7 Å². The van der Waals surface area contributed by atoms with E-state index >= 15 is 0 Å². The van der Waals surface area contributed by atoms with Crippen molar-refractivity contribution in [1.29, 1.82) is 0 Å². The first kappa shape index (κ1) is 17.4. The number of aromatic amines is 1. The Bertz CT molecular complexity index is 1080. The van der Waals surface area contributed by atoms with Crippen LogP contribution in [0.1, 0.15) is 35.0 Å². The Labute approximate surface area is 154 Å². The van der Waals surface area contributed by atoms with Crippen molar-refractivity contribution in [3.8, 4) is 11.1 Å². The fourth-order valence-electron chi connectivity index (χ4n) is 4.06. The second-order valence-corrected chi connectivity index (χ2v) is 7.00. The molecule has 1 atom stereocenters. The lowest BCUT2D eigenvalue weighted by molar-refractivity contribution is -0.121. The summed E-state index contributed by atoms with van der Waals surface area (Å²) < 4.78 is 28.9. The molecule has 0 aliphatic heterocycles. The van der Waals surface area contributed by atoms with Crippen molar-refractivity contribution in [3.63, 3.8) is 0 Å². The number of aryl methyl sites for hydroxylation is 1. The van der Waals surface area contributed by atoms with Crippen LogP contribution in [0.15, 0.2) is 30.3 Å². The van der Waals surface area contributed by atoms with E-state index in [1.807, 2.05) is 0 Å². The fourth-order valence-corrected chi connectivity index (χ4v) is 4.06. The molecule has 0 saturated carbocycles. The highest BCUT2D eigenvalue weighted by Gasteiger charge is 2.28. The molecular formula is C21H18F2N2O2. The fraction of sp³-hybridized carbons (Fsp3) is 0.238. The van der Waals surface area contributed by atoms with Gasteiger partial charge in [-0.2, -0.15) is 0 Å². The SMILES string of the molecule is CC(=O)C1CCc2c([nH]c3c(C(N)=O)ccc(-c4c(F)cccc4F)c23)C1. The van der Waals surface area contributed by atoms with Crippen LogP contribution < -0.4 is 5.73 Å². The number of Topliss-reactive ketones (excluding diaryl/α,β-unsaturated/α-hetero) is 1. The van der Waals surface area contributed by atoms with Gasteiger partial charge in [-0.05, 0) is 55.5 Å². The predicted molar refractivity (Wildman–Crippen MR) is 98.4 cm³/mol. The molecule has 2 aromatic carbocycles. The molecule has 0 spiro atoms. The monoisotopic (exact) mass is 368 g/mol. The average Bonchev–Trinajstić information content (AvgIpc) is 2.99. The number of fused-ring (bicyclic) bond motifs is 3. The number of ketones is 1. The Morgan fingerprint density at radius 1 is 1.15 bits per heavy atom. The smallest absolute Gasteiger partial charge is 0.250 e. The summed E-state index contributed by atoms with van der Waals surface area (Å²) in [6.45, 7) is 1.56. The summed E-state index contributed by atoms with van der Waals surface area (Å²) in [6.07, 6.45) is 1.76. The van der Waals surface area contributed by atoms with Crippen LogP contribution >= 0.6 is 0 Å². The van der Waals surface area contributed by atoms with Gasteiger partial charge in [-0.15, -0.1) is 0 Å². The standard InChI is InChI=1S/C21H18F2N2O2/c1-10(26)11-5-6-12-17(9-11)25-20-14(21(24)27)8-7-13(18(12)20)19-15(22)3-2-4-16(19)23/h2-4,7-8,11,25H,5-6,9H2,1H3,(H2,24,27). The minimum absolute atomic E-state index is 0.101. The molecule has 1 unspecified atom stereocenters. The zero-order valence-corrected chi connectivity index (χ0v) is 14.7. The summed E-state index contributed by atoms with van der Waals surface area (Å²) in [6, 6.07) is 6.74. The van der Waals surface area contributed by atoms with Crippen molar-refractivity contribution in [1.82, 2.24) is 4.98 Å². The van der Waals surface area contributed by atoms with Gasteiger partial charge in [-0.1, -0.05) is 12.1 Å². The number of carbonyl (C=O) groups excluding carboxylic acids is 2. The second kappa shape index (κ2) is 6.30. The molecule has 3 aromatic rings. The molecule has 0 fully saturated rings. The van der Waals surface area contributed by atoms with Crippen LogP contribution in [-0.2, 0) is 17.6 Å². The van der Waals surface area contributed by atoms with Crippen LogP contribution in [0, 0.1) is 17.6 Å². The van der Waals surface area contributed by atoms with Gasteiger partial charge in [0.15, 0.2) is 0 Å². The number of nitrogens with two attached hydrogens (primary N) is 1. The first-order chi connectivity index (χ1) is 12.9. The molecule has 138 valence electrons. The maximum atomic E-state index is 14.4. The highest BCUT2D eigenvalue weighted by atomic mass is 19.1. The van der Waals surface area contributed by atoms with Gasteiger partial charge in [0, 0.05) is 17.0 Å². The molecule has 1 aliphatic rings. The predicted octanol–water partition coefficient (Wildman–Crippen LogP) is 3.91. The van der Waals surface area contributed by atoms with Crippen molar-refractivity contribution < 1.29 is 18.4 Å². The Hall–Kier alpha value is -3.02. The van der Waals surface area contributed by atoms with Crippen LogP contribution in [0.3, 0.4) is 0 Å². The number of rotatable bonds is 3. The summed E-state index contributed by atoms with van der Waals surface area (Å²) in [5, 5.41) is 0.604. The molecule has 1 aliphatic carbocycles. The number of H-pyrrole nitrogens is 1. The summed E-state index contributed by atoms with van der Waals surface area (Å²) >= 11 is 0. The number of primary amides is 1. The van der Waals surface area contributed by atoms with Crippen molar-refractivity contribution in [2.75, 3.05) is 0 Å². The molecule has 0 bridgehead atoms. The van der Waals surface area contributed by atoms with Crippen LogP contribution in [0.5, 0.6) is 0 Å². The van der Waals surface area contributed by atoms with Crippen molar-refractivity contribution in [2.45, 2.75) is 26.2 Å². The third kappa shape index (κ3) is 2.72. The van der Waals surface area contributed by atoms with E-state index in [1.54, 1.807) is 6.92 Å². The lowest BCUT2D eigenvalue weighted by atomic mass is 9.83. The molecule has 3 N–H and O–H groups in total. The molecule has 0 radical (unpaired) electrons. The van der Waals surface area contributed by atoms with Crippen LogP contribution in [0.2, 0.25) is 0 Å². The van der Waals surface area contributed by atoms with Gasteiger partial charge in [-0.25, -0.2) is 8.78 Å². The first-order valence-corrected chi connectivity index (χ1v) is 8.79. The van der Waals surface area contributed by atoms with Gasteiger partial charge in [0.25, 0.3) is 5.91 Å². The molecule has 1 heterocycles. The van der Waals surface area contributed by atoms with E-state index in [-0.39, 0.29) is 22.8 Å². The first-order valence-electron chi connectivity index (χ1n) is 8.79. The Balaban J connectivity index is 2.04. The van der Waals surface area contributed by atoms with E-state index in [0.717, 1.165) is 11.3 Å². The van der Waals surface area contributed by atoms with Crippen molar-refractivity contribution in [3.05, 3.63) is 58.8 Å². The summed E-state index contributed by atoms with van der Waals surface area (Å²) in [4.78, 5) is 26.9. The van der Waals surface area contributed by atoms with E-state index in [9.17, 15) is 18.4 Å². The average molecular weight is 368 g/mol. The number of halogens is 2. The Morgan fingerprint density at radius 3 is 2.48 bits per heavy atom. The van der Waals surface area contributed by atoms with Gasteiger partial charge in [0.2, 0.25) is 0 Å². The maximum Gasteiger partial charge on any atom is 0.250 e. The molecule has 6 heteroatoms. The number of hydrogen-bond acceptors (Lipinski definition) is 2. The maximum absolute atomic E-state index is 14.4. The van der Waals surface area contributed by atoms with Gasteiger partial charge in [0.1, 0.15) is 17.4 Å². The largest absolute Gasteiger partial charge is 0.366 e. The van der Waals surface area contributed by atoms with Crippen molar-refractivity contribution >= 4 is 22.6 Å². The Kier molecular flexibility index (Phi) is 4.06. The minimum atomic E-state index is -0.671. The van der Waals surface area contributed by atoms with Gasteiger partial charge in [-0.3, -0.25) is 9.59 Å². The van der Waals surface area contributed by atoms with E-state index < -0.39 is 17.5 Å². The Morgan fingerprint density at radius 2 is 1.85 bits per heavy atom. The summed E-state index contributed by atoms with van der Waals surface area (Å²) in [5.74, 6) is -1.96. The topological polar surface area (TPSA) is 75.9 Å². The highest BCUT2D eigenvalue weighted by molar-refractivity contribution is 6.11. The molecule has 1 amide bonds. The van der Waals surface area contributed by atoms with E-state index in [1.165, 1.54) is 30.3 Å². The second-order valence-electron chi connectivity index (χ2n) is 7.00. The number of hydrogen-bond donors (Lipinski definition) is 2. The summed E-state index contributed by atoms with van der Waals surface area (Å²) in [5.41, 5.74) is 8.20. The minimum Gasteiger partial charge on any atom is -0.366 e. The molecule has 27 heavy (non-hydrogen) atoms. The number of aromatic nitrogens is 1. The highest BCUT2D eigenvalue weighted by Crippen LogP contribution is 2.40. The van der Waals surface area contributed by atoms with E-state index in [0.29, 0.717) is 35.7 Å². The van der Waals surface area contributed by atoms with E-state index in [2.05, 4.69) is 4.98 Å². The molecule has 4 nitrogen and oxygen atoms in total. The molecule has 4 rings (SSSR count). The molecule has 0 saturated heterocycles. The quantitative estimate of drug-likeness (QED) is 0.735. The van der Waals surface area contributed by atoms with Gasteiger partial charge in [0.05, 0.1) is 16.6 Å². The third-order valence-electron chi connectivity index (χ3n) is 5.41. The normalized spacial score (nSPS) is 16.3. The number of benzene rings is 2. The zero-order valence-electron chi connectivity index (χ0n) is 14.7. The number of amides is 1. The molecular weight excluding hydrogens is 350 g/mol. The number of carbonyl (C=O) groups is 2. The van der Waals surface area contributed by atoms with Crippen LogP contribution in [-0.4, -0.2) is 16.7 Å².